The molecule has 1 aliphatic rings. The molecule has 5 rings (SSSR count). The van der Waals surface area contributed by atoms with Gasteiger partial charge in [-0.05, 0) is 25.0 Å². The van der Waals surface area contributed by atoms with Crippen LogP contribution in [0.25, 0.3) is 21.9 Å². The van der Waals surface area contributed by atoms with Crippen LogP contribution >= 0.6 is 0 Å². The zero-order valence-electron chi connectivity index (χ0n) is 14.8. The number of fused-ring (bicyclic) bond motifs is 2. The lowest BCUT2D eigenvalue weighted by atomic mass is 10.2. The molecule has 1 aliphatic carbocycles. The van der Waals surface area contributed by atoms with Crippen molar-refractivity contribution in [3.05, 3.63) is 36.0 Å². The van der Waals surface area contributed by atoms with Gasteiger partial charge < -0.3 is 11.1 Å². The lowest BCUT2D eigenvalue weighted by molar-refractivity contribution is 0.102. The number of aromatic nitrogens is 6. The van der Waals surface area contributed by atoms with Crippen LogP contribution in [0.1, 0.15) is 42.2 Å². The fraction of sp³-hybridized carbons (Fsp3) is 0.278. The van der Waals surface area contributed by atoms with Crippen molar-refractivity contribution in [2.45, 2.75) is 31.7 Å². The molecule has 0 unspecified atom stereocenters. The number of carbonyl (C=O) groups is 1. The summed E-state index contributed by atoms with van der Waals surface area (Å²) >= 11 is 0. The van der Waals surface area contributed by atoms with Crippen LogP contribution < -0.4 is 11.1 Å². The molecule has 1 amide bonds. The molecule has 0 bridgehead atoms. The monoisotopic (exact) mass is 380 g/mol. The first-order valence-electron chi connectivity index (χ1n) is 9.06. The van der Waals surface area contributed by atoms with Crippen LogP contribution in [0, 0.1) is 5.82 Å². The molecule has 3 heterocycles. The maximum Gasteiger partial charge on any atom is 0.278 e. The fourth-order valence-electron chi connectivity index (χ4n) is 3.84. The summed E-state index contributed by atoms with van der Waals surface area (Å²) in [6.07, 6.45) is 5.51. The Kier molecular flexibility index (Phi) is 3.71. The van der Waals surface area contributed by atoms with Gasteiger partial charge in [0.1, 0.15) is 18.0 Å². The second-order valence-corrected chi connectivity index (χ2v) is 6.88. The lowest BCUT2D eigenvalue weighted by Crippen LogP contribution is -2.15. The van der Waals surface area contributed by atoms with Gasteiger partial charge in [-0.15, -0.1) is 0 Å². The van der Waals surface area contributed by atoms with Gasteiger partial charge in [0.25, 0.3) is 5.91 Å². The Balaban J connectivity index is 1.59. The molecule has 0 saturated heterocycles. The Labute approximate surface area is 158 Å². The van der Waals surface area contributed by atoms with Crippen molar-refractivity contribution in [1.29, 1.82) is 0 Å². The number of carbonyl (C=O) groups excluding carboxylic acids is 1. The number of hydrogen-bond donors (Lipinski definition) is 3. The van der Waals surface area contributed by atoms with Gasteiger partial charge in [0.05, 0.1) is 22.3 Å². The molecule has 1 fully saturated rings. The molecule has 0 atom stereocenters. The van der Waals surface area contributed by atoms with Gasteiger partial charge in [-0.3, -0.25) is 9.89 Å². The summed E-state index contributed by atoms with van der Waals surface area (Å²) in [5.74, 6) is -0.750. The predicted octanol–water partition coefficient (Wildman–Crippen LogP) is 2.79. The molecule has 1 aromatic carbocycles. The molecule has 10 heteroatoms. The summed E-state index contributed by atoms with van der Waals surface area (Å²) in [7, 11) is 0. The number of H-pyrrole nitrogens is 1. The van der Waals surface area contributed by atoms with E-state index in [9.17, 15) is 9.18 Å². The molecule has 0 spiro atoms. The Morgan fingerprint density at radius 2 is 2.07 bits per heavy atom. The van der Waals surface area contributed by atoms with Gasteiger partial charge in [0.15, 0.2) is 17.2 Å². The summed E-state index contributed by atoms with van der Waals surface area (Å²) < 4.78 is 15.9. The third-order valence-corrected chi connectivity index (χ3v) is 5.17. The maximum atomic E-state index is 14.2. The molecule has 1 saturated carbocycles. The number of aromatic amines is 1. The summed E-state index contributed by atoms with van der Waals surface area (Å²) in [4.78, 5) is 21.3. The van der Waals surface area contributed by atoms with E-state index in [1.54, 1.807) is 16.8 Å². The summed E-state index contributed by atoms with van der Waals surface area (Å²) in [6.45, 7) is 0. The minimum atomic E-state index is -0.542. The summed E-state index contributed by atoms with van der Waals surface area (Å²) in [5, 5.41) is 14.5. The van der Waals surface area contributed by atoms with Gasteiger partial charge >= 0.3 is 0 Å². The third-order valence-electron chi connectivity index (χ3n) is 5.17. The van der Waals surface area contributed by atoms with Gasteiger partial charge in [-0.1, -0.05) is 18.9 Å². The van der Waals surface area contributed by atoms with E-state index >= 15 is 0 Å². The molecular formula is C18H17FN8O. The van der Waals surface area contributed by atoms with E-state index in [-0.39, 0.29) is 28.8 Å². The number of rotatable bonds is 3. The van der Waals surface area contributed by atoms with Crippen LogP contribution in [0.15, 0.2) is 24.5 Å². The van der Waals surface area contributed by atoms with Crippen LogP contribution in [0.2, 0.25) is 0 Å². The highest BCUT2D eigenvalue weighted by Crippen LogP contribution is 2.33. The van der Waals surface area contributed by atoms with E-state index in [4.69, 9.17) is 5.73 Å². The highest BCUT2D eigenvalue weighted by molar-refractivity contribution is 6.14. The average molecular weight is 380 g/mol. The summed E-state index contributed by atoms with van der Waals surface area (Å²) in [5.41, 5.74) is 7.15. The highest BCUT2D eigenvalue weighted by Gasteiger charge is 2.27. The number of amides is 1. The van der Waals surface area contributed by atoms with Crippen LogP contribution in [-0.4, -0.2) is 35.9 Å². The van der Waals surface area contributed by atoms with Crippen LogP contribution in [0.4, 0.5) is 16.0 Å². The predicted molar refractivity (Wildman–Crippen MR) is 101 cm³/mol. The zero-order chi connectivity index (χ0) is 19.3. The van der Waals surface area contributed by atoms with Crippen molar-refractivity contribution in [2.24, 2.45) is 0 Å². The SMILES string of the molecule is Nc1ncnc2c1c(C(=O)Nc1n[nH]c3cccc(F)c13)nn2C1CCCC1. The minimum absolute atomic E-state index is 0.0945. The molecule has 3 aromatic heterocycles. The molecular weight excluding hydrogens is 363 g/mol. The van der Waals surface area contributed by atoms with E-state index < -0.39 is 11.7 Å². The number of nitrogens with one attached hydrogen (secondary N) is 2. The normalized spacial score (nSPS) is 14.9. The number of nitrogens with zero attached hydrogens (tertiary/aromatic N) is 5. The van der Waals surface area contributed by atoms with Crippen molar-refractivity contribution < 1.29 is 9.18 Å². The average Bonchev–Trinajstić information content (AvgIpc) is 3.40. The fourth-order valence-corrected chi connectivity index (χ4v) is 3.84. The first-order valence-corrected chi connectivity index (χ1v) is 9.06. The molecule has 0 radical (unpaired) electrons. The van der Waals surface area contributed by atoms with Crippen molar-refractivity contribution in [3.63, 3.8) is 0 Å². The standard InChI is InChI=1S/C18H17FN8O/c19-10-6-3-7-11-12(10)16(25-24-11)23-18(28)14-13-15(20)21-8-22-17(13)27(26-14)9-4-1-2-5-9/h3,6-9H,1-2,4-5H2,(H2,20,21,22)(H2,23,24,25,28). The first-order chi connectivity index (χ1) is 13.6. The first kappa shape index (κ1) is 16.6. The number of halogens is 1. The van der Waals surface area contributed by atoms with Gasteiger partial charge in [-0.25, -0.2) is 19.0 Å². The number of anilines is 2. The Bertz CT molecular complexity index is 1210. The molecule has 4 aromatic rings. The molecule has 0 aliphatic heterocycles. The Hall–Kier alpha value is -3.56. The van der Waals surface area contributed by atoms with Crippen LogP contribution in [0.3, 0.4) is 0 Å². The second kappa shape index (κ2) is 6.25. The Morgan fingerprint density at radius 1 is 1.25 bits per heavy atom. The van der Waals surface area contributed by atoms with Crippen LogP contribution in [0.5, 0.6) is 0 Å². The van der Waals surface area contributed by atoms with E-state index in [0.29, 0.717) is 16.6 Å². The number of nitrogen functional groups attached to an aromatic ring is 1. The lowest BCUT2D eigenvalue weighted by Gasteiger charge is -2.09. The molecule has 4 N–H and O–H groups in total. The third kappa shape index (κ3) is 2.48. The van der Waals surface area contributed by atoms with Crippen LogP contribution in [-0.2, 0) is 0 Å². The number of hydrogen-bond acceptors (Lipinski definition) is 6. The minimum Gasteiger partial charge on any atom is -0.383 e. The number of benzene rings is 1. The second-order valence-electron chi connectivity index (χ2n) is 6.88. The molecule has 9 nitrogen and oxygen atoms in total. The van der Waals surface area contributed by atoms with Gasteiger partial charge in [0, 0.05) is 0 Å². The van der Waals surface area contributed by atoms with E-state index in [1.807, 2.05) is 0 Å². The highest BCUT2D eigenvalue weighted by atomic mass is 19.1. The summed E-state index contributed by atoms with van der Waals surface area (Å²) in [6, 6.07) is 4.72. The maximum absolute atomic E-state index is 14.2. The smallest absolute Gasteiger partial charge is 0.278 e. The van der Waals surface area contributed by atoms with E-state index in [2.05, 4.69) is 30.6 Å². The topological polar surface area (TPSA) is 127 Å². The van der Waals surface area contributed by atoms with Gasteiger partial charge in [0.2, 0.25) is 0 Å². The largest absolute Gasteiger partial charge is 0.383 e. The van der Waals surface area contributed by atoms with E-state index in [1.165, 1.54) is 12.4 Å². The van der Waals surface area contributed by atoms with Crippen molar-refractivity contribution in [2.75, 3.05) is 11.1 Å². The zero-order valence-corrected chi connectivity index (χ0v) is 14.8. The van der Waals surface area contributed by atoms with Crippen molar-refractivity contribution in [3.8, 4) is 0 Å². The van der Waals surface area contributed by atoms with E-state index in [0.717, 1.165) is 25.7 Å². The molecule has 28 heavy (non-hydrogen) atoms. The van der Waals surface area contributed by atoms with Crippen molar-refractivity contribution in [1.82, 2.24) is 29.9 Å². The Morgan fingerprint density at radius 3 is 2.89 bits per heavy atom. The van der Waals surface area contributed by atoms with Crippen molar-refractivity contribution >= 4 is 39.5 Å². The molecule has 142 valence electrons. The number of nitrogens with two attached hydrogens (primary N) is 1. The quantitative estimate of drug-likeness (QED) is 0.501. The van der Waals surface area contributed by atoms with Gasteiger partial charge in [-0.2, -0.15) is 10.2 Å².